The highest BCUT2D eigenvalue weighted by atomic mass is 16.5. The maximum atomic E-state index is 5.58. The smallest absolute Gasteiger partial charge is 0.0547 e. The number of nitrogens with two attached hydrogens (primary N) is 1. The third kappa shape index (κ3) is 9.84. The molecule has 0 rings (SSSR count). The maximum Gasteiger partial charge on any atom is 0.0547 e. The van der Waals surface area contributed by atoms with Crippen LogP contribution in [0.5, 0.6) is 0 Å². The van der Waals surface area contributed by atoms with Gasteiger partial charge in [-0.15, -0.1) is 0 Å². The van der Waals surface area contributed by atoms with E-state index in [-0.39, 0.29) is 0 Å². The number of rotatable bonds is 9. The van der Waals surface area contributed by atoms with Crippen LogP contribution in [-0.2, 0) is 4.74 Å². The summed E-state index contributed by atoms with van der Waals surface area (Å²) < 4.78 is 5.58. The van der Waals surface area contributed by atoms with Crippen molar-refractivity contribution in [3.8, 4) is 0 Å². The van der Waals surface area contributed by atoms with Crippen molar-refractivity contribution in [2.45, 2.75) is 58.5 Å². The molecule has 2 N–H and O–H groups in total. The first-order valence-corrected chi connectivity index (χ1v) is 5.63. The van der Waals surface area contributed by atoms with Crippen LogP contribution in [0.15, 0.2) is 0 Å². The van der Waals surface area contributed by atoms with E-state index < -0.39 is 0 Å². The highest BCUT2D eigenvalue weighted by molar-refractivity contribution is 4.51. The van der Waals surface area contributed by atoms with Crippen molar-refractivity contribution in [2.24, 2.45) is 5.73 Å². The third-order valence-electron chi connectivity index (χ3n) is 2.22. The van der Waals surface area contributed by atoms with Crippen LogP contribution in [0.1, 0.15) is 52.4 Å². The van der Waals surface area contributed by atoms with Crippen LogP contribution in [0.3, 0.4) is 0 Å². The van der Waals surface area contributed by atoms with Crippen molar-refractivity contribution in [1.29, 1.82) is 0 Å². The molecule has 0 heterocycles. The van der Waals surface area contributed by atoms with Gasteiger partial charge in [-0.05, 0) is 26.3 Å². The van der Waals surface area contributed by atoms with E-state index in [1.54, 1.807) is 0 Å². The molecule has 0 aromatic carbocycles. The van der Waals surface area contributed by atoms with E-state index in [0.717, 1.165) is 19.6 Å². The van der Waals surface area contributed by atoms with Crippen LogP contribution in [0.25, 0.3) is 0 Å². The summed E-state index contributed by atoms with van der Waals surface area (Å²) in [6, 6.07) is 0. The summed E-state index contributed by atoms with van der Waals surface area (Å²) in [5, 5.41) is 0. The van der Waals surface area contributed by atoms with Gasteiger partial charge in [0.1, 0.15) is 0 Å². The average Bonchev–Trinajstić information content (AvgIpc) is 2.13. The minimum atomic E-state index is 0.420. The Morgan fingerprint density at radius 1 is 1.15 bits per heavy atom. The number of hydrogen-bond acceptors (Lipinski definition) is 2. The SMILES string of the molecule is CCCCCCC(C)OCCCN. The fraction of sp³-hybridized carbons (Fsp3) is 1.00. The van der Waals surface area contributed by atoms with Gasteiger partial charge in [-0.25, -0.2) is 0 Å². The van der Waals surface area contributed by atoms with Gasteiger partial charge in [-0.2, -0.15) is 0 Å². The molecular formula is C11H25NO. The summed E-state index contributed by atoms with van der Waals surface area (Å²) in [6.45, 7) is 5.96. The summed E-state index contributed by atoms with van der Waals surface area (Å²) >= 11 is 0. The van der Waals surface area contributed by atoms with Gasteiger partial charge in [0.2, 0.25) is 0 Å². The molecule has 0 aliphatic carbocycles. The summed E-state index contributed by atoms with van der Waals surface area (Å²) in [6.07, 6.45) is 7.92. The summed E-state index contributed by atoms with van der Waals surface area (Å²) in [4.78, 5) is 0. The molecule has 1 unspecified atom stereocenters. The molecule has 2 nitrogen and oxygen atoms in total. The normalized spacial score (nSPS) is 13.2. The Morgan fingerprint density at radius 2 is 1.92 bits per heavy atom. The molecule has 0 radical (unpaired) electrons. The molecule has 0 aromatic rings. The monoisotopic (exact) mass is 187 g/mol. The second kappa shape index (κ2) is 10.0. The van der Waals surface area contributed by atoms with Crippen molar-refractivity contribution >= 4 is 0 Å². The molecule has 0 aromatic heterocycles. The van der Waals surface area contributed by atoms with E-state index in [9.17, 15) is 0 Å². The fourth-order valence-electron chi connectivity index (χ4n) is 1.31. The van der Waals surface area contributed by atoms with Gasteiger partial charge in [0.15, 0.2) is 0 Å². The van der Waals surface area contributed by atoms with Gasteiger partial charge in [-0.3, -0.25) is 0 Å². The Kier molecular flexibility index (Phi) is 9.94. The lowest BCUT2D eigenvalue weighted by Crippen LogP contribution is -2.12. The van der Waals surface area contributed by atoms with Crippen molar-refractivity contribution < 1.29 is 4.74 Å². The Balaban J connectivity index is 3.05. The molecule has 0 bridgehead atoms. The Bertz CT molecular complexity index is 96.1. The van der Waals surface area contributed by atoms with E-state index >= 15 is 0 Å². The van der Waals surface area contributed by atoms with Gasteiger partial charge in [0.25, 0.3) is 0 Å². The zero-order chi connectivity index (χ0) is 9.94. The lowest BCUT2D eigenvalue weighted by molar-refractivity contribution is 0.0579. The Morgan fingerprint density at radius 3 is 2.54 bits per heavy atom. The van der Waals surface area contributed by atoms with Gasteiger partial charge >= 0.3 is 0 Å². The van der Waals surface area contributed by atoms with Crippen molar-refractivity contribution in [2.75, 3.05) is 13.2 Å². The van der Waals surface area contributed by atoms with Crippen LogP contribution >= 0.6 is 0 Å². The standard InChI is InChI=1S/C11H25NO/c1-3-4-5-6-8-11(2)13-10-7-9-12/h11H,3-10,12H2,1-2H3. The number of ether oxygens (including phenoxy) is 1. The summed E-state index contributed by atoms with van der Waals surface area (Å²) in [5.41, 5.74) is 5.37. The molecule has 0 aliphatic rings. The first-order valence-electron chi connectivity index (χ1n) is 5.63. The zero-order valence-electron chi connectivity index (χ0n) is 9.22. The number of hydrogen-bond donors (Lipinski definition) is 1. The van der Waals surface area contributed by atoms with Crippen molar-refractivity contribution in [3.63, 3.8) is 0 Å². The zero-order valence-corrected chi connectivity index (χ0v) is 9.22. The first kappa shape index (κ1) is 12.9. The van der Waals surface area contributed by atoms with Gasteiger partial charge < -0.3 is 10.5 Å². The minimum Gasteiger partial charge on any atom is -0.378 e. The molecule has 0 fully saturated rings. The molecule has 2 heteroatoms. The molecule has 13 heavy (non-hydrogen) atoms. The van der Waals surface area contributed by atoms with Crippen LogP contribution in [0.4, 0.5) is 0 Å². The Hall–Kier alpha value is -0.0800. The highest BCUT2D eigenvalue weighted by Crippen LogP contribution is 2.07. The molecule has 80 valence electrons. The van der Waals surface area contributed by atoms with E-state index in [1.807, 2.05) is 0 Å². The van der Waals surface area contributed by atoms with E-state index in [0.29, 0.717) is 6.10 Å². The van der Waals surface area contributed by atoms with Gasteiger partial charge in [0, 0.05) is 6.61 Å². The lowest BCUT2D eigenvalue weighted by atomic mass is 10.1. The third-order valence-corrected chi connectivity index (χ3v) is 2.22. The summed E-state index contributed by atoms with van der Waals surface area (Å²) in [5.74, 6) is 0. The van der Waals surface area contributed by atoms with E-state index in [1.165, 1.54) is 32.1 Å². The summed E-state index contributed by atoms with van der Waals surface area (Å²) in [7, 11) is 0. The molecule has 0 aliphatic heterocycles. The average molecular weight is 187 g/mol. The van der Waals surface area contributed by atoms with Crippen LogP contribution < -0.4 is 5.73 Å². The van der Waals surface area contributed by atoms with Crippen molar-refractivity contribution in [1.82, 2.24) is 0 Å². The molecular weight excluding hydrogens is 162 g/mol. The molecule has 0 saturated carbocycles. The fourth-order valence-corrected chi connectivity index (χ4v) is 1.31. The second-order valence-corrected chi connectivity index (χ2v) is 3.67. The van der Waals surface area contributed by atoms with Crippen LogP contribution in [-0.4, -0.2) is 19.3 Å². The second-order valence-electron chi connectivity index (χ2n) is 3.67. The predicted molar refractivity (Wildman–Crippen MR) is 57.8 cm³/mol. The van der Waals surface area contributed by atoms with Crippen molar-refractivity contribution in [3.05, 3.63) is 0 Å². The predicted octanol–water partition coefficient (Wildman–Crippen LogP) is 2.71. The highest BCUT2D eigenvalue weighted by Gasteiger charge is 2.00. The van der Waals surface area contributed by atoms with E-state index in [2.05, 4.69) is 13.8 Å². The quantitative estimate of drug-likeness (QED) is 0.563. The lowest BCUT2D eigenvalue weighted by Gasteiger charge is -2.12. The minimum absolute atomic E-state index is 0.420. The number of unbranched alkanes of at least 4 members (excludes halogenated alkanes) is 3. The maximum absolute atomic E-state index is 5.58. The van der Waals surface area contributed by atoms with E-state index in [4.69, 9.17) is 10.5 Å². The van der Waals surface area contributed by atoms with Gasteiger partial charge in [0.05, 0.1) is 6.10 Å². The molecule has 0 saturated heterocycles. The molecule has 0 spiro atoms. The topological polar surface area (TPSA) is 35.2 Å². The molecule has 1 atom stereocenters. The largest absolute Gasteiger partial charge is 0.378 e. The van der Waals surface area contributed by atoms with Crippen LogP contribution in [0, 0.1) is 0 Å². The van der Waals surface area contributed by atoms with Gasteiger partial charge in [-0.1, -0.05) is 32.6 Å². The van der Waals surface area contributed by atoms with Crippen LogP contribution in [0.2, 0.25) is 0 Å². The Labute approximate surface area is 82.8 Å². The first-order chi connectivity index (χ1) is 6.31. The molecule has 0 amide bonds.